The molecule has 0 aromatic heterocycles. The van der Waals surface area contributed by atoms with Gasteiger partial charge in [-0.3, -0.25) is 0 Å². The van der Waals surface area contributed by atoms with Crippen molar-refractivity contribution in [3.63, 3.8) is 0 Å². The van der Waals surface area contributed by atoms with E-state index in [1.54, 1.807) is 0 Å². The molecule has 78 valence electrons. The van der Waals surface area contributed by atoms with Crippen molar-refractivity contribution in [1.29, 1.82) is 0 Å². The first-order valence-electron chi connectivity index (χ1n) is 5.52. The largest absolute Gasteiger partial charge is 0.390 e. The Balaban J connectivity index is 2.79. The van der Waals surface area contributed by atoms with Gasteiger partial charge in [0.2, 0.25) is 0 Å². The van der Waals surface area contributed by atoms with E-state index in [1.165, 1.54) is 12.8 Å². The molecule has 0 aromatic carbocycles. The highest BCUT2D eigenvalue weighted by atomic mass is 16.3. The van der Waals surface area contributed by atoms with E-state index in [-0.39, 0.29) is 0 Å². The minimum Gasteiger partial charge on any atom is -0.390 e. The molecule has 0 amide bonds. The van der Waals surface area contributed by atoms with Gasteiger partial charge in [0, 0.05) is 0 Å². The molecule has 1 aliphatic rings. The van der Waals surface area contributed by atoms with Crippen LogP contribution >= 0.6 is 0 Å². The second-order valence-electron chi connectivity index (χ2n) is 5.76. The quantitative estimate of drug-likeness (QED) is 0.663. The number of rotatable bonds is 1. The van der Waals surface area contributed by atoms with Crippen molar-refractivity contribution in [3.8, 4) is 0 Å². The van der Waals surface area contributed by atoms with E-state index in [0.717, 1.165) is 12.3 Å². The van der Waals surface area contributed by atoms with Gasteiger partial charge >= 0.3 is 0 Å². The number of hydrogen-bond acceptors (Lipinski definition) is 1. The Morgan fingerprint density at radius 1 is 1.31 bits per heavy atom. The van der Waals surface area contributed by atoms with Crippen LogP contribution in [0.1, 0.15) is 53.9 Å². The van der Waals surface area contributed by atoms with E-state index in [0.29, 0.717) is 11.3 Å². The summed E-state index contributed by atoms with van der Waals surface area (Å²) in [6.07, 6.45) is 3.36. The molecule has 0 aliphatic heterocycles. The van der Waals surface area contributed by atoms with Gasteiger partial charge in [0.15, 0.2) is 0 Å². The van der Waals surface area contributed by atoms with Crippen molar-refractivity contribution in [2.75, 3.05) is 0 Å². The van der Waals surface area contributed by atoms with E-state index in [9.17, 15) is 5.11 Å². The molecule has 1 aliphatic carbocycles. The van der Waals surface area contributed by atoms with Crippen LogP contribution in [0.3, 0.4) is 0 Å². The van der Waals surface area contributed by atoms with Crippen LogP contribution in [0.15, 0.2) is 0 Å². The third kappa shape index (κ3) is 2.07. The lowest BCUT2D eigenvalue weighted by Crippen LogP contribution is -2.47. The van der Waals surface area contributed by atoms with Crippen LogP contribution in [0.25, 0.3) is 0 Å². The number of hydrogen-bond donors (Lipinski definition) is 1. The van der Waals surface area contributed by atoms with E-state index in [4.69, 9.17) is 0 Å². The van der Waals surface area contributed by atoms with Gasteiger partial charge in [-0.25, -0.2) is 0 Å². The average Bonchev–Trinajstić information content (AvgIpc) is 1.94. The van der Waals surface area contributed by atoms with Gasteiger partial charge in [-0.15, -0.1) is 0 Å². The van der Waals surface area contributed by atoms with E-state index in [1.807, 2.05) is 6.92 Å². The maximum Gasteiger partial charge on any atom is 0.0650 e. The van der Waals surface area contributed by atoms with Gasteiger partial charge in [0.25, 0.3) is 0 Å². The molecule has 1 fully saturated rings. The highest BCUT2D eigenvalue weighted by Crippen LogP contribution is 2.48. The van der Waals surface area contributed by atoms with Gasteiger partial charge in [-0.1, -0.05) is 34.1 Å². The van der Waals surface area contributed by atoms with E-state index >= 15 is 0 Å². The van der Waals surface area contributed by atoms with Crippen molar-refractivity contribution in [1.82, 2.24) is 0 Å². The molecule has 0 saturated heterocycles. The molecule has 1 N–H and O–H groups in total. The van der Waals surface area contributed by atoms with Crippen molar-refractivity contribution in [2.24, 2.45) is 17.3 Å². The second-order valence-corrected chi connectivity index (χ2v) is 5.76. The summed E-state index contributed by atoms with van der Waals surface area (Å²) in [5.74, 6) is 1.23. The molecular formula is C12H24O. The predicted octanol–water partition coefficient (Wildman–Crippen LogP) is 3.22. The fourth-order valence-corrected chi connectivity index (χ4v) is 2.96. The molecular weight excluding hydrogens is 160 g/mol. The first-order chi connectivity index (χ1) is 5.79. The van der Waals surface area contributed by atoms with Crippen LogP contribution in [-0.4, -0.2) is 10.7 Å². The van der Waals surface area contributed by atoms with Gasteiger partial charge in [-0.2, -0.15) is 0 Å². The van der Waals surface area contributed by atoms with Crippen LogP contribution in [0.4, 0.5) is 0 Å². The Morgan fingerprint density at radius 2 is 1.85 bits per heavy atom. The first kappa shape index (κ1) is 11.0. The molecule has 0 unspecified atom stereocenters. The molecule has 1 rings (SSSR count). The monoisotopic (exact) mass is 184 g/mol. The van der Waals surface area contributed by atoms with Crippen LogP contribution in [-0.2, 0) is 0 Å². The summed E-state index contributed by atoms with van der Waals surface area (Å²) in [4.78, 5) is 0. The van der Waals surface area contributed by atoms with Gasteiger partial charge in [0.05, 0.1) is 5.60 Å². The van der Waals surface area contributed by atoms with Crippen molar-refractivity contribution in [3.05, 3.63) is 0 Å². The summed E-state index contributed by atoms with van der Waals surface area (Å²) in [7, 11) is 0. The van der Waals surface area contributed by atoms with E-state index in [2.05, 4.69) is 27.7 Å². The predicted molar refractivity (Wildman–Crippen MR) is 56.6 cm³/mol. The SMILES string of the molecule is CC[C@H]1C[C@@H](C)[C@@](C)(O)CC1(C)C. The van der Waals surface area contributed by atoms with Crippen molar-refractivity contribution in [2.45, 2.75) is 59.5 Å². The molecule has 0 bridgehead atoms. The zero-order chi connectivity index (χ0) is 10.3. The third-order valence-corrected chi connectivity index (χ3v) is 4.11. The van der Waals surface area contributed by atoms with Gasteiger partial charge < -0.3 is 5.11 Å². The maximum absolute atomic E-state index is 10.2. The minimum atomic E-state index is -0.449. The molecule has 13 heavy (non-hydrogen) atoms. The summed E-state index contributed by atoms with van der Waals surface area (Å²) < 4.78 is 0. The summed E-state index contributed by atoms with van der Waals surface area (Å²) in [5.41, 5.74) is -0.139. The highest BCUT2D eigenvalue weighted by Gasteiger charge is 2.44. The summed E-state index contributed by atoms with van der Waals surface area (Å²) in [6, 6.07) is 0. The zero-order valence-electron chi connectivity index (χ0n) is 9.72. The molecule has 1 heteroatoms. The fourth-order valence-electron chi connectivity index (χ4n) is 2.96. The lowest BCUT2D eigenvalue weighted by atomic mass is 9.59. The average molecular weight is 184 g/mol. The lowest BCUT2D eigenvalue weighted by Gasteiger charge is -2.49. The normalized spacial score (nSPS) is 44.8. The topological polar surface area (TPSA) is 20.2 Å². The molecule has 1 saturated carbocycles. The molecule has 1 nitrogen and oxygen atoms in total. The lowest BCUT2D eigenvalue weighted by molar-refractivity contribution is -0.0918. The minimum absolute atomic E-state index is 0.310. The maximum atomic E-state index is 10.2. The molecule has 3 atom stereocenters. The highest BCUT2D eigenvalue weighted by molar-refractivity contribution is 4.95. The fraction of sp³-hybridized carbons (Fsp3) is 1.00. The standard InChI is InChI=1S/C12H24O/c1-6-10-7-9(2)12(5,13)8-11(10,3)4/h9-10,13H,6-8H2,1-5H3/t9-,10+,12+/m1/s1. The molecule has 0 radical (unpaired) electrons. The van der Waals surface area contributed by atoms with Crippen molar-refractivity contribution >= 4 is 0 Å². The van der Waals surface area contributed by atoms with Crippen LogP contribution in [0.5, 0.6) is 0 Å². The molecule has 0 heterocycles. The Bertz CT molecular complexity index is 182. The Morgan fingerprint density at radius 3 is 2.31 bits per heavy atom. The molecule has 0 aromatic rings. The molecule has 0 spiro atoms. The number of aliphatic hydroxyl groups is 1. The zero-order valence-corrected chi connectivity index (χ0v) is 9.72. The summed E-state index contributed by atoms with van der Waals surface area (Å²) in [6.45, 7) is 11.0. The first-order valence-corrected chi connectivity index (χ1v) is 5.52. The van der Waals surface area contributed by atoms with Crippen LogP contribution in [0, 0.1) is 17.3 Å². The van der Waals surface area contributed by atoms with Crippen molar-refractivity contribution < 1.29 is 5.11 Å². The van der Waals surface area contributed by atoms with Crippen LogP contribution < -0.4 is 0 Å². The second kappa shape index (κ2) is 3.27. The van der Waals surface area contributed by atoms with Gasteiger partial charge in [-0.05, 0) is 37.0 Å². The van der Waals surface area contributed by atoms with Gasteiger partial charge in [0.1, 0.15) is 0 Å². The summed E-state index contributed by atoms with van der Waals surface area (Å²) >= 11 is 0. The summed E-state index contributed by atoms with van der Waals surface area (Å²) in [5, 5.41) is 10.2. The Labute approximate surface area is 82.5 Å². The smallest absolute Gasteiger partial charge is 0.0650 e. The Hall–Kier alpha value is -0.0400. The third-order valence-electron chi connectivity index (χ3n) is 4.11. The Kier molecular flexibility index (Phi) is 2.78. The van der Waals surface area contributed by atoms with E-state index < -0.39 is 5.60 Å². The van der Waals surface area contributed by atoms with Crippen LogP contribution in [0.2, 0.25) is 0 Å².